The standard InChI is InChI=1S/C9H8N2O3/c12-7-3-5-10(6-4-7)11-8(13)1-2-9(11)14/h3-6H,1-2H2. The van der Waals surface area contributed by atoms with E-state index in [2.05, 4.69) is 0 Å². The molecule has 0 spiro atoms. The third-order valence-corrected chi connectivity index (χ3v) is 2.04. The molecule has 2 rings (SSSR count). The number of nitrogens with zero attached hydrogens (tertiary/aromatic N) is 2. The Morgan fingerprint density at radius 1 is 0.929 bits per heavy atom. The number of carbonyl (C=O) groups excluding carboxylic acids is 2. The van der Waals surface area contributed by atoms with Gasteiger partial charge in [-0.1, -0.05) is 0 Å². The van der Waals surface area contributed by atoms with Crippen LogP contribution in [0.15, 0.2) is 29.3 Å². The van der Waals surface area contributed by atoms with Crippen molar-refractivity contribution >= 4 is 11.8 Å². The van der Waals surface area contributed by atoms with Gasteiger partial charge < -0.3 is 0 Å². The lowest BCUT2D eigenvalue weighted by molar-refractivity contribution is -0.123. The fourth-order valence-corrected chi connectivity index (χ4v) is 1.36. The van der Waals surface area contributed by atoms with Crippen LogP contribution in [0.2, 0.25) is 0 Å². The first-order valence-electron chi connectivity index (χ1n) is 4.23. The van der Waals surface area contributed by atoms with Crippen LogP contribution >= 0.6 is 0 Å². The van der Waals surface area contributed by atoms with Crippen LogP contribution in [-0.4, -0.2) is 16.5 Å². The van der Waals surface area contributed by atoms with Crippen molar-refractivity contribution in [3.63, 3.8) is 0 Å². The Bertz CT molecular complexity index is 413. The first kappa shape index (κ1) is 8.68. The van der Waals surface area contributed by atoms with Gasteiger partial charge in [0.05, 0.1) is 0 Å². The van der Waals surface area contributed by atoms with Crippen LogP contribution in [-0.2, 0) is 9.59 Å². The Kier molecular flexibility index (Phi) is 1.92. The van der Waals surface area contributed by atoms with Gasteiger partial charge in [-0.15, -0.1) is 0 Å². The molecule has 2 amide bonds. The monoisotopic (exact) mass is 192 g/mol. The molecule has 0 aliphatic carbocycles. The van der Waals surface area contributed by atoms with E-state index in [1.54, 1.807) is 0 Å². The molecule has 1 aliphatic rings. The van der Waals surface area contributed by atoms with Gasteiger partial charge in [-0.05, 0) is 0 Å². The maximum atomic E-state index is 11.3. The second kappa shape index (κ2) is 3.10. The maximum Gasteiger partial charge on any atom is 0.249 e. The van der Waals surface area contributed by atoms with Gasteiger partial charge in [-0.2, -0.15) is 5.01 Å². The highest BCUT2D eigenvalue weighted by molar-refractivity contribution is 6.13. The summed E-state index contributed by atoms with van der Waals surface area (Å²) in [4.78, 5) is 33.4. The van der Waals surface area contributed by atoms with Crippen molar-refractivity contribution in [1.29, 1.82) is 0 Å². The van der Waals surface area contributed by atoms with Crippen LogP contribution in [0.5, 0.6) is 0 Å². The predicted molar refractivity (Wildman–Crippen MR) is 48.2 cm³/mol. The fourth-order valence-electron chi connectivity index (χ4n) is 1.36. The topological polar surface area (TPSA) is 59.4 Å². The van der Waals surface area contributed by atoms with Gasteiger partial charge in [0.25, 0.3) is 0 Å². The van der Waals surface area contributed by atoms with Gasteiger partial charge in [0.1, 0.15) is 0 Å². The van der Waals surface area contributed by atoms with Crippen molar-refractivity contribution in [1.82, 2.24) is 4.68 Å². The molecule has 1 aliphatic heterocycles. The van der Waals surface area contributed by atoms with E-state index in [1.165, 1.54) is 29.2 Å². The van der Waals surface area contributed by atoms with E-state index in [4.69, 9.17) is 0 Å². The molecule has 0 atom stereocenters. The van der Waals surface area contributed by atoms with E-state index in [0.29, 0.717) is 0 Å². The molecule has 2 heterocycles. The molecule has 5 nitrogen and oxygen atoms in total. The largest absolute Gasteiger partial charge is 0.290 e. The van der Waals surface area contributed by atoms with E-state index >= 15 is 0 Å². The molecule has 72 valence electrons. The zero-order valence-electron chi connectivity index (χ0n) is 7.34. The quantitative estimate of drug-likeness (QED) is 0.570. The number of hydrogen-bond acceptors (Lipinski definition) is 3. The molecule has 0 saturated carbocycles. The normalized spacial score (nSPS) is 16.4. The number of pyridine rings is 1. The molecule has 1 aromatic heterocycles. The number of aromatic nitrogens is 1. The van der Waals surface area contributed by atoms with Gasteiger partial charge in [-0.3, -0.25) is 19.1 Å². The van der Waals surface area contributed by atoms with Gasteiger partial charge in [0, 0.05) is 37.4 Å². The van der Waals surface area contributed by atoms with Crippen molar-refractivity contribution in [3.8, 4) is 0 Å². The summed E-state index contributed by atoms with van der Waals surface area (Å²) in [7, 11) is 0. The highest BCUT2D eigenvalue weighted by Gasteiger charge is 2.29. The average molecular weight is 192 g/mol. The summed E-state index contributed by atoms with van der Waals surface area (Å²) < 4.78 is 1.33. The van der Waals surface area contributed by atoms with Crippen LogP contribution < -0.4 is 10.4 Å². The summed E-state index contributed by atoms with van der Waals surface area (Å²) >= 11 is 0. The Balaban J connectivity index is 2.39. The fraction of sp³-hybridized carbons (Fsp3) is 0.222. The molecule has 0 radical (unpaired) electrons. The Morgan fingerprint density at radius 3 is 1.93 bits per heavy atom. The summed E-state index contributed by atoms with van der Waals surface area (Å²) in [5, 5.41) is 1.04. The minimum absolute atomic E-state index is 0.152. The van der Waals surface area contributed by atoms with Gasteiger partial charge in [-0.25, -0.2) is 0 Å². The second-order valence-corrected chi connectivity index (χ2v) is 3.01. The number of carbonyl (C=O) groups is 2. The maximum absolute atomic E-state index is 11.3. The molecule has 0 bridgehead atoms. The van der Waals surface area contributed by atoms with E-state index < -0.39 is 0 Å². The number of hydrogen-bond donors (Lipinski definition) is 0. The van der Waals surface area contributed by atoms with Crippen molar-refractivity contribution in [2.24, 2.45) is 0 Å². The van der Waals surface area contributed by atoms with Gasteiger partial charge in [0.2, 0.25) is 11.8 Å². The molecule has 0 unspecified atom stereocenters. The molecule has 0 N–H and O–H groups in total. The van der Waals surface area contributed by atoms with Crippen molar-refractivity contribution in [2.75, 3.05) is 5.01 Å². The lowest BCUT2D eigenvalue weighted by atomic mass is 10.4. The van der Waals surface area contributed by atoms with Crippen molar-refractivity contribution in [2.45, 2.75) is 12.8 Å². The summed E-state index contributed by atoms with van der Waals surface area (Å²) in [6.07, 6.45) is 3.29. The minimum atomic E-state index is -0.237. The van der Waals surface area contributed by atoms with E-state index in [-0.39, 0.29) is 30.1 Å². The predicted octanol–water partition coefficient (Wildman–Crippen LogP) is -0.367. The van der Waals surface area contributed by atoms with Crippen LogP contribution in [0.1, 0.15) is 12.8 Å². The van der Waals surface area contributed by atoms with Crippen molar-refractivity contribution in [3.05, 3.63) is 34.7 Å². The summed E-state index contributed by atoms with van der Waals surface area (Å²) in [6, 6.07) is 2.61. The van der Waals surface area contributed by atoms with Crippen LogP contribution in [0, 0.1) is 0 Å². The Morgan fingerprint density at radius 2 is 1.43 bits per heavy atom. The van der Waals surface area contributed by atoms with E-state index in [1.807, 2.05) is 0 Å². The van der Waals surface area contributed by atoms with Gasteiger partial charge >= 0.3 is 0 Å². The molecular formula is C9H8N2O3. The third kappa shape index (κ3) is 1.32. The molecule has 5 heteroatoms. The highest BCUT2D eigenvalue weighted by Crippen LogP contribution is 2.09. The lowest BCUT2D eigenvalue weighted by Gasteiger charge is -2.16. The smallest absolute Gasteiger partial charge is 0.249 e. The molecule has 1 fully saturated rings. The number of imide groups is 1. The molecule has 14 heavy (non-hydrogen) atoms. The van der Waals surface area contributed by atoms with Crippen LogP contribution in [0.3, 0.4) is 0 Å². The van der Waals surface area contributed by atoms with Crippen molar-refractivity contribution < 1.29 is 9.59 Å². The first-order chi connectivity index (χ1) is 6.68. The third-order valence-electron chi connectivity index (χ3n) is 2.04. The average Bonchev–Trinajstić information content (AvgIpc) is 2.49. The Labute approximate surface area is 79.5 Å². The molecule has 0 aromatic carbocycles. The summed E-state index contributed by atoms with van der Waals surface area (Å²) in [5.74, 6) is -0.475. The minimum Gasteiger partial charge on any atom is -0.290 e. The van der Waals surface area contributed by atoms with Gasteiger partial charge in [0.15, 0.2) is 5.43 Å². The van der Waals surface area contributed by atoms with Crippen LogP contribution in [0.25, 0.3) is 0 Å². The zero-order valence-corrected chi connectivity index (χ0v) is 7.34. The first-order valence-corrected chi connectivity index (χ1v) is 4.23. The SMILES string of the molecule is O=C1CCC(=O)N1n1ccc(=O)cc1. The van der Waals surface area contributed by atoms with E-state index in [0.717, 1.165) is 5.01 Å². The molecule has 1 saturated heterocycles. The molecular weight excluding hydrogens is 184 g/mol. The Hall–Kier alpha value is -1.91. The molecule has 1 aromatic rings. The number of rotatable bonds is 1. The highest BCUT2D eigenvalue weighted by atomic mass is 16.2. The summed E-state index contributed by atoms with van der Waals surface area (Å²) in [5.41, 5.74) is -0.152. The van der Waals surface area contributed by atoms with E-state index in [9.17, 15) is 14.4 Å². The summed E-state index contributed by atoms with van der Waals surface area (Å²) in [6.45, 7) is 0. The number of amides is 2. The van der Waals surface area contributed by atoms with Crippen LogP contribution in [0.4, 0.5) is 0 Å². The second-order valence-electron chi connectivity index (χ2n) is 3.01. The zero-order chi connectivity index (χ0) is 10.1. The lowest BCUT2D eigenvalue weighted by Crippen LogP contribution is -2.39.